The third-order valence-corrected chi connectivity index (χ3v) is 4.30. The molecule has 3 aromatic rings. The maximum Gasteiger partial charge on any atom is 0.186 e. The number of hydrogen-bond acceptors (Lipinski definition) is 3. The normalized spacial score (nSPS) is 11.3. The van der Waals surface area contributed by atoms with E-state index in [1.165, 1.54) is 0 Å². The Kier molecular flexibility index (Phi) is 3.41. The summed E-state index contributed by atoms with van der Waals surface area (Å²) in [6.45, 7) is 3.76. The van der Waals surface area contributed by atoms with Crippen LogP contribution in [0.15, 0.2) is 18.2 Å². The van der Waals surface area contributed by atoms with E-state index in [1.807, 2.05) is 26.0 Å². The van der Waals surface area contributed by atoms with Crippen molar-refractivity contribution >= 4 is 21.6 Å². The lowest BCUT2D eigenvalue weighted by molar-refractivity contribution is 0.504. The summed E-state index contributed by atoms with van der Waals surface area (Å²) in [5, 5.41) is 0.530. The highest BCUT2D eigenvalue weighted by atomic mass is 32.1. The Morgan fingerprint density at radius 1 is 1.05 bits per heavy atom. The number of fused-ring (bicyclic) bond motifs is 1. The van der Waals surface area contributed by atoms with Crippen LogP contribution in [0.2, 0.25) is 0 Å². The predicted octanol–water partition coefficient (Wildman–Crippen LogP) is 4.32. The van der Waals surface area contributed by atoms with Gasteiger partial charge < -0.3 is 0 Å². The molecule has 0 spiro atoms. The van der Waals surface area contributed by atoms with Crippen LogP contribution in [0.1, 0.15) is 22.0 Å². The first-order valence-corrected chi connectivity index (χ1v) is 7.13. The van der Waals surface area contributed by atoms with E-state index in [9.17, 15) is 13.2 Å². The van der Waals surface area contributed by atoms with Crippen LogP contribution in [-0.4, -0.2) is 9.97 Å². The van der Waals surface area contributed by atoms with Gasteiger partial charge >= 0.3 is 0 Å². The number of thiazole rings is 1. The molecule has 2 nitrogen and oxygen atoms in total. The van der Waals surface area contributed by atoms with Gasteiger partial charge in [0.2, 0.25) is 0 Å². The fourth-order valence-corrected chi connectivity index (χ4v) is 3.16. The van der Waals surface area contributed by atoms with Crippen molar-refractivity contribution in [1.82, 2.24) is 9.97 Å². The van der Waals surface area contributed by atoms with Crippen molar-refractivity contribution in [3.63, 3.8) is 0 Å². The zero-order valence-corrected chi connectivity index (χ0v) is 12.2. The van der Waals surface area contributed by atoms with Gasteiger partial charge in [-0.1, -0.05) is 6.07 Å². The summed E-state index contributed by atoms with van der Waals surface area (Å²) in [5.41, 5.74) is 2.44. The molecule has 0 saturated heterocycles. The molecule has 0 bridgehead atoms. The SMILES string of the molecule is Cc1ccc(Cc2nc3c(F)c(F)cc(F)c3s2)c(C)n1. The minimum atomic E-state index is -1.22. The Hall–Kier alpha value is -1.95. The Balaban J connectivity index is 2.06. The van der Waals surface area contributed by atoms with Crippen molar-refractivity contribution in [3.8, 4) is 0 Å². The van der Waals surface area contributed by atoms with Crippen molar-refractivity contribution in [3.05, 3.63) is 57.6 Å². The molecule has 0 aliphatic carbocycles. The second kappa shape index (κ2) is 5.11. The highest BCUT2D eigenvalue weighted by molar-refractivity contribution is 7.18. The number of rotatable bonds is 2. The molecule has 0 aliphatic heterocycles. The van der Waals surface area contributed by atoms with Gasteiger partial charge in [0.25, 0.3) is 0 Å². The molecule has 2 heterocycles. The van der Waals surface area contributed by atoms with Gasteiger partial charge in [0.1, 0.15) is 11.3 Å². The fourth-order valence-electron chi connectivity index (χ4n) is 2.17. The van der Waals surface area contributed by atoms with E-state index in [0.717, 1.165) is 28.3 Å². The molecule has 0 amide bonds. The number of benzene rings is 1. The first kappa shape index (κ1) is 14.0. The molecule has 1 aromatic carbocycles. The third kappa shape index (κ3) is 2.51. The molecule has 108 valence electrons. The maximum atomic E-state index is 13.7. The zero-order chi connectivity index (χ0) is 15.1. The minimum Gasteiger partial charge on any atom is -0.258 e. The lowest BCUT2D eigenvalue weighted by Crippen LogP contribution is -1.95. The van der Waals surface area contributed by atoms with E-state index in [0.29, 0.717) is 17.5 Å². The van der Waals surface area contributed by atoms with Crippen LogP contribution in [0.4, 0.5) is 13.2 Å². The van der Waals surface area contributed by atoms with E-state index in [2.05, 4.69) is 9.97 Å². The molecule has 0 atom stereocenters. The number of hydrogen-bond donors (Lipinski definition) is 0. The summed E-state index contributed by atoms with van der Waals surface area (Å²) in [5.74, 6) is -3.11. The summed E-state index contributed by atoms with van der Waals surface area (Å²) in [6.07, 6.45) is 0.416. The van der Waals surface area contributed by atoms with Crippen LogP contribution in [0.5, 0.6) is 0 Å². The maximum absolute atomic E-state index is 13.7. The Morgan fingerprint density at radius 3 is 2.52 bits per heavy atom. The van der Waals surface area contributed by atoms with Crippen LogP contribution < -0.4 is 0 Å². The molecule has 21 heavy (non-hydrogen) atoms. The van der Waals surface area contributed by atoms with Crippen molar-refractivity contribution in [2.45, 2.75) is 20.3 Å². The minimum absolute atomic E-state index is 0.0432. The van der Waals surface area contributed by atoms with Crippen LogP contribution in [0.25, 0.3) is 10.2 Å². The number of nitrogens with zero attached hydrogens (tertiary/aromatic N) is 2. The molecule has 0 aliphatic rings. The number of aromatic nitrogens is 2. The quantitative estimate of drug-likeness (QED) is 0.659. The van der Waals surface area contributed by atoms with Crippen molar-refractivity contribution in [2.24, 2.45) is 0 Å². The average Bonchev–Trinajstić information content (AvgIpc) is 2.84. The first-order chi connectivity index (χ1) is 9.95. The van der Waals surface area contributed by atoms with Crippen molar-refractivity contribution in [1.29, 1.82) is 0 Å². The summed E-state index contributed by atoms with van der Waals surface area (Å²) >= 11 is 1.03. The third-order valence-electron chi connectivity index (χ3n) is 3.24. The van der Waals surface area contributed by atoms with Gasteiger partial charge in [-0.2, -0.15) is 0 Å². The fraction of sp³-hybridized carbons (Fsp3) is 0.200. The Morgan fingerprint density at radius 2 is 1.81 bits per heavy atom. The second-order valence-electron chi connectivity index (χ2n) is 4.81. The van der Waals surface area contributed by atoms with Gasteiger partial charge in [-0.05, 0) is 25.5 Å². The number of aryl methyl sites for hydroxylation is 2. The van der Waals surface area contributed by atoms with Crippen LogP contribution in [0.3, 0.4) is 0 Å². The van der Waals surface area contributed by atoms with Gasteiger partial charge in [-0.25, -0.2) is 18.2 Å². The molecule has 0 unspecified atom stereocenters. The molecule has 0 N–H and O–H groups in total. The van der Waals surface area contributed by atoms with Crippen LogP contribution >= 0.6 is 11.3 Å². The van der Waals surface area contributed by atoms with E-state index in [4.69, 9.17) is 0 Å². The van der Waals surface area contributed by atoms with Gasteiger partial charge in [0.05, 0.1) is 9.71 Å². The number of halogens is 3. The summed E-state index contributed by atoms with van der Waals surface area (Å²) in [4.78, 5) is 8.37. The molecule has 0 saturated carbocycles. The molecular formula is C15H11F3N2S. The van der Waals surface area contributed by atoms with Gasteiger partial charge in [-0.3, -0.25) is 4.98 Å². The topological polar surface area (TPSA) is 25.8 Å². The lowest BCUT2D eigenvalue weighted by atomic mass is 10.1. The highest BCUT2D eigenvalue weighted by Gasteiger charge is 2.17. The van der Waals surface area contributed by atoms with E-state index in [1.54, 1.807) is 0 Å². The van der Waals surface area contributed by atoms with Gasteiger partial charge in [-0.15, -0.1) is 11.3 Å². The van der Waals surface area contributed by atoms with E-state index >= 15 is 0 Å². The predicted molar refractivity (Wildman–Crippen MR) is 76.0 cm³/mol. The molecule has 2 aromatic heterocycles. The first-order valence-electron chi connectivity index (χ1n) is 6.31. The molecular weight excluding hydrogens is 297 g/mol. The number of pyridine rings is 1. The average molecular weight is 308 g/mol. The Bertz CT molecular complexity index is 843. The summed E-state index contributed by atoms with van der Waals surface area (Å²) in [6, 6.07) is 4.34. The van der Waals surface area contributed by atoms with E-state index in [-0.39, 0.29) is 10.2 Å². The smallest absolute Gasteiger partial charge is 0.186 e. The zero-order valence-electron chi connectivity index (χ0n) is 11.4. The second-order valence-corrected chi connectivity index (χ2v) is 5.90. The monoisotopic (exact) mass is 308 g/mol. The van der Waals surface area contributed by atoms with Crippen molar-refractivity contribution in [2.75, 3.05) is 0 Å². The van der Waals surface area contributed by atoms with Crippen LogP contribution in [0, 0.1) is 31.3 Å². The molecule has 3 rings (SSSR count). The molecule has 0 fully saturated rings. The largest absolute Gasteiger partial charge is 0.258 e. The highest BCUT2D eigenvalue weighted by Crippen LogP contribution is 2.30. The standard InChI is InChI=1S/C15H11F3N2S/c1-7-3-4-9(8(2)19-7)5-12-20-14-13(18)10(16)6-11(17)15(14)21-12/h3-4,6H,5H2,1-2H3. The summed E-state index contributed by atoms with van der Waals surface area (Å²) < 4.78 is 40.6. The van der Waals surface area contributed by atoms with Gasteiger partial charge in [0, 0.05) is 23.9 Å². The lowest BCUT2D eigenvalue weighted by Gasteiger charge is -2.03. The summed E-state index contributed by atoms with van der Waals surface area (Å²) in [7, 11) is 0. The Labute approximate surface area is 123 Å². The van der Waals surface area contributed by atoms with Crippen LogP contribution in [-0.2, 0) is 6.42 Å². The molecule has 0 radical (unpaired) electrons. The van der Waals surface area contributed by atoms with Crippen molar-refractivity contribution < 1.29 is 13.2 Å². The van der Waals surface area contributed by atoms with Gasteiger partial charge in [0.15, 0.2) is 11.6 Å². The van der Waals surface area contributed by atoms with E-state index < -0.39 is 17.5 Å². The molecule has 6 heteroatoms.